The quantitative estimate of drug-likeness (QED) is 0.206. The number of amides is 1. The van der Waals surface area contributed by atoms with Crippen molar-refractivity contribution in [3.8, 4) is 5.75 Å². The van der Waals surface area contributed by atoms with E-state index in [4.69, 9.17) is 21.4 Å². The van der Waals surface area contributed by atoms with Gasteiger partial charge in [-0.25, -0.2) is 14.1 Å². The van der Waals surface area contributed by atoms with E-state index in [2.05, 4.69) is 9.88 Å². The number of hydrogen-bond acceptors (Lipinski definition) is 5. The number of halogens is 4. The largest absolute Gasteiger partial charge is 0.511 e. The van der Waals surface area contributed by atoms with E-state index in [1.165, 1.54) is 0 Å². The van der Waals surface area contributed by atoms with E-state index in [0.717, 1.165) is 35.0 Å². The average molecular weight is 575 g/mol. The third-order valence-corrected chi connectivity index (χ3v) is 8.56. The molecule has 1 fully saturated rings. The van der Waals surface area contributed by atoms with Crippen LogP contribution < -0.4 is 9.64 Å². The third-order valence-electron chi connectivity index (χ3n) is 8.23. The van der Waals surface area contributed by atoms with Crippen molar-refractivity contribution in [2.45, 2.75) is 43.9 Å². The van der Waals surface area contributed by atoms with Gasteiger partial charge in [0.1, 0.15) is 11.8 Å². The monoisotopic (exact) mass is 574 g/mol. The van der Waals surface area contributed by atoms with Crippen molar-refractivity contribution in [2.24, 2.45) is 0 Å². The molecule has 1 aliphatic carbocycles. The fraction of sp³-hybridized carbons (Fsp3) is 0.345. The maximum Gasteiger partial charge on any atom is 0.511 e. The maximum absolute atomic E-state index is 14.5. The summed E-state index contributed by atoms with van der Waals surface area (Å²) < 4.78 is 45.6. The molecule has 2 atom stereocenters. The molecule has 0 radical (unpaired) electrons. The molecule has 11 heteroatoms. The Morgan fingerprint density at radius 3 is 2.40 bits per heavy atom. The van der Waals surface area contributed by atoms with Crippen LogP contribution in [0.5, 0.6) is 5.75 Å². The highest BCUT2D eigenvalue weighted by molar-refractivity contribution is 6.33. The number of alkyl halides is 3. The Balaban J connectivity index is 1.56. The van der Waals surface area contributed by atoms with Gasteiger partial charge in [-0.1, -0.05) is 17.7 Å². The summed E-state index contributed by atoms with van der Waals surface area (Å²) in [6, 6.07) is 11.0. The number of carbonyl (C=O) groups excluding carboxylic acids is 1. The van der Waals surface area contributed by atoms with E-state index in [1.807, 2.05) is 12.1 Å². The summed E-state index contributed by atoms with van der Waals surface area (Å²) in [6.07, 6.45) is -0.240. The first-order chi connectivity index (χ1) is 19.0. The van der Waals surface area contributed by atoms with Gasteiger partial charge < -0.3 is 14.7 Å². The van der Waals surface area contributed by atoms with Crippen molar-refractivity contribution in [1.29, 1.82) is 0 Å². The SMILES string of the molecule is C[N+](C(=O)c1cc(C(F)(F)F)ccc1Cl)(C1CCN(c2ccncc2)CC1)C1CCc2ccc(OC(=O)O)cc21. The van der Waals surface area contributed by atoms with Crippen LogP contribution in [0, 0.1) is 0 Å². The van der Waals surface area contributed by atoms with Gasteiger partial charge in [0.15, 0.2) is 0 Å². The molecule has 2 aromatic carbocycles. The van der Waals surface area contributed by atoms with Crippen molar-refractivity contribution in [1.82, 2.24) is 4.98 Å². The summed E-state index contributed by atoms with van der Waals surface area (Å²) >= 11 is 6.38. The van der Waals surface area contributed by atoms with Crippen LogP contribution in [-0.2, 0) is 12.6 Å². The zero-order chi connectivity index (χ0) is 28.7. The molecule has 2 unspecified atom stereocenters. The number of carboxylic acid groups (broad SMARTS) is 1. The van der Waals surface area contributed by atoms with E-state index >= 15 is 0 Å². The van der Waals surface area contributed by atoms with Crippen LogP contribution in [0.15, 0.2) is 60.9 Å². The van der Waals surface area contributed by atoms with Crippen molar-refractivity contribution in [2.75, 3.05) is 25.0 Å². The van der Waals surface area contributed by atoms with Crippen LogP contribution in [0.3, 0.4) is 0 Å². The first kappa shape index (κ1) is 27.9. The van der Waals surface area contributed by atoms with Gasteiger partial charge in [-0.3, -0.25) is 4.98 Å². The smallest absolute Gasteiger partial charge is 0.449 e. The van der Waals surface area contributed by atoms with Crippen molar-refractivity contribution in [3.05, 3.63) is 88.2 Å². The molecule has 1 amide bonds. The van der Waals surface area contributed by atoms with E-state index in [1.54, 1.807) is 37.6 Å². The summed E-state index contributed by atoms with van der Waals surface area (Å²) in [5.74, 6) is -0.373. The molecule has 2 aliphatic rings. The summed E-state index contributed by atoms with van der Waals surface area (Å²) in [7, 11) is 1.77. The lowest BCUT2D eigenvalue weighted by molar-refractivity contribution is -0.887. The molecule has 3 aromatic rings. The Kier molecular flexibility index (Phi) is 7.50. The van der Waals surface area contributed by atoms with E-state index < -0.39 is 29.8 Å². The van der Waals surface area contributed by atoms with Crippen LogP contribution in [0.4, 0.5) is 23.7 Å². The standard InChI is InChI=1S/C29H27ClF3N3O4/c1-36(21-10-14-35(15-11-21)20-8-12-34-13-9-20,27(37)24-16-19(29(31,32)33)4-6-25(24)30)26-7-3-18-2-5-22(17-23(18)26)40-28(38)39/h2,4-6,8-9,12-13,16-17,21,26H,3,7,10-11,14-15H2,1H3/p+1. The third kappa shape index (κ3) is 5.25. The number of rotatable bonds is 5. The number of ether oxygens (including phenoxy) is 1. The first-order valence-electron chi connectivity index (χ1n) is 12.9. The average Bonchev–Trinajstić information content (AvgIpc) is 3.36. The summed E-state index contributed by atoms with van der Waals surface area (Å²) in [5, 5.41) is 9.08. The Morgan fingerprint density at radius 2 is 1.75 bits per heavy atom. The molecule has 1 N–H and O–H groups in total. The number of hydrogen-bond donors (Lipinski definition) is 1. The molecule has 0 bridgehead atoms. The lowest BCUT2D eigenvalue weighted by Gasteiger charge is -2.47. The van der Waals surface area contributed by atoms with Crippen LogP contribution in [0.25, 0.3) is 0 Å². The van der Waals surface area contributed by atoms with Crippen molar-refractivity contribution >= 4 is 29.4 Å². The number of nitrogens with zero attached hydrogens (tertiary/aromatic N) is 3. The number of carbonyl (C=O) groups is 2. The number of quaternary nitrogens is 1. The van der Waals surface area contributed by atoms with Crippen LogP contribution in [0.2, 0.25) is 5.02 Å². The van der Waals surface area contributed by atoms with Crippen LogP contribution >= 0.6 is 11.6 Å². The molecular formula is C29H28ClF3N3O4+. The molecule has 5 rings (SSSR count). The Morgan fingerprint density at radius 1 is 1.05 bits per heavy atom. The first-order valence-corrected chi connectivity index (χ1v) is 13.3. The Hall–Kier alpha value is -3.63. The van der Waals surface area contributed by atoms with E-state index in [0.29, 0.717) is 38.8 Å². The second-order valence-electron chi connectivity index (χ2n) is 10.4. The highest BCUT2D eigenvalue weighted by Crippen LogP contribution is 2.46. The summed E-state index contributed by atoms with van der Waals surface area (Å²) in [4.78, 5) is 31.9. The van der Waals surface area contributed by atoms with Gasteiger partial charge in [0.2, 0.25) is 0 Å². The van der Waals surface area contributed by atoms with Gasteiger partial charge in [0, 0.05) is 56.0 Å². The molecule has 7 nitrogen and oxygen atoms in total. The van der Waals surface area contributed by atoms with Gasteiger partial charge in [-0.2, -0.15) is 13.2 Å². The lowest BCUT2D eigenvalue weighted by atomic mass is 9.93. The topological polar surface area (TPSA) is 79.7 Å². The minimum Gasteiger partial charge on any atom is -0.449 e. The van der Waals surface area contributed by atoms with Gasteiger partial charge >= 0.3 is 18.2 Å². The minimum absolute atomic E-state index is 0.0437. The number of benzene rings is 2. The number of fused-ring (bicyclic) bond motifs is 1. The zero-order valence-corrected chi connectivity index (χ0v) is 22.5. The molecule has 2 heterocycles. The van der Waals surface area contributed by atoms with Gasteiger partial charge in [0.05, 0.1) is 29.2 Å². The molecule has 1 aliphatic heterocycles. The zero-order valence-electron chi connectivity index (χ0n) is 21.7. The highest BCUT2D eigenvalue weighted by Gasteiger charge is 2.51. The predicted molar refractivity (Wildman–Crippen MR) is 143 cm³/mol. The number of pyridine rings is 1. The molecule has 1 saturated heterocycles. The number of piperidine rings is 1. The normalized spacial score (nSPS) is 19.1. The predicted octanol–water partition coefficient (Wildman–Crippen LogP) is 6.75. The van der Waals surface area contributed by atoms with Crippen molar-refractivity contribution < 1.29 is 37.1 Å². The van der Waals surface area contributed by atoms with Crippen molar-refractivity contribution in [3.63, 3.8) is 0 Å². The molecule has 40 heavy (non-hydrogen) atoms. The van der Waals surface area contributed by atoms with Gasteiger partial charge in [-0.05, 0) is 54.4 Å². The molecule has 0 spiro atoms. The minimum atomic E-state index is -4.64. The Labute approximate surface area is 234 Å². The van der Waals surface area contributed by atoms with Crippen LogP contribution in [-0.4, -0.2) is 52.8 Å². The number of aryl methyl sites for hydroxylation is 1. The summed E-state index contributed by atoms with van der Waals surface area (Å²) in [5.41, 5.74) is 1.60. The molecule has 210 valence electrons. The molecule has 1 aromatic heterocycles. The maximum atomic E-state index is 14.5. The second kappa shape index (κ2) is 10.7. The summed E-state index contributed by atoms with van der Waals surface area (Å²) in [6.45, 7) is 1.29. The lowest BCUT2D eigenvalue weighted by Crippen LogP contribution is -2.60. The van der Waals surface area contributed by atoms with Crippen LogP contribution in [0.1, 0.15) is 52.4 Å². The highest BCUT2D eigenvalue weighted by atomic mass is 35.5. The molecule has 0 saturated carbocycles. The number of anilines is 1. The fourth-order valence-corrected chi connectivity index (χ4v) is 6.38. The van der Waals surface area contributed by atoms with E-state index in [-0.39, 0.29) is 26.9 Å². The number of aromatic nitrogens is 1. The molecular weight excluding hydrogens is 547 g/mol. The van der Waals surface area contributed by atoms with E-state index in [9.17, 15) is 22.8 Å². The Bertz CT molecular complexity index is 1430. The fourth-order valence-electron chi connectivity index (χ4n) is 6.18. The van der Waals surface area contributed by atoms with Gasteiger partial charge in [0.25, 0.3) is 0 Å². The van der Waals surface area contributed by atoms with Gasteiger partial charge in [-0.15, -0.1) is 0 Å². The second-order valence-corrected chi connectivity index (χ2v) is 10.8.